The van der Waals surface area contributed by atoms with Gasteiger partial charge in [-0.1, -0.05) is 36.4 Å². The number of rotatable bonds is 3. The molecule has 2 aromatic rings. The summed E-state index contributed by atoms with van der Waals surface area (Å²) in [5.41, 5.74) is -0.348. The van der Waals surface area contributed by atoms with Crippen LogP contribution in [0.15, 0.2) is 65.2 Å². The number of benzene rings is 1. The molecule has 7 heteroatoms. The number of halogens is 5. The molecule has 0 spiro atoms. The van der Waals surface area contributed by atoms with Gasteiger partial charge in [-0.15, -0.1) is 15.5 Å². The highest BCUT2D eigenvalue weighted by Crippen LogP contribution is 3.01. The summed E-state index contributed by atoms with van der Waals surface area (Å²) in [4.78, 5) is 2.98. The average molecular weight is 307 g/mol. The lowest BCUT2D eigenvalue weighted by Gasteiger charge is -2.45. The Morgan fingerprint density at radius 3 is 2.05 bits per heavy atom. The van der Waals surface area contributed by atoms with E-state index in [2.05, 4.69) is 4.98 Å². The van der Waals surface area contributed by atoms with Gasteiger partial charge >= 0.3 is 0 Å². The van der Waals surface area contributed by atoms with E-state index >= 15 is 0 Å². The maximum atomic E-state index is 13.9. The zero-order chi connectivity index (χ0) is 14.9. The highest BCUT2D eigenvalue weighted by atomic mass is 32.5. The predicted octanol–water partition coefficient (Wildman–Crippen LogP) is 5.82. The molecule has 1 aromatic carbocycles. The van der Waals surface area contributed by atoms with Crippen molar-refractivity contribution >= 4 is 15.7 Å². The lowest BCUT2D eigenvalue weighted by Crippen LogP contribution is -2.12. The monoisotopic (exact) mass is 307 g/mol. The van der Waals surface area contributed by atoms with Crippen molar-refractivity contribution in [2.24, 2.45) is 0 Å². The van der Waals surface area contributed by atoms with E-state index < -0.39 is 26.1 Å². The molecule has 0 aliphatic rings. The molecule has 0 bridgehead atoms. The lowest BCUT2D eigenvalue weighted by molar-refractivity contribution is 0.458. The number of hydrogen-bond donors (Lipinski definition) is 0. The second-order valence-electron chi connectivity index (χ2n) is 4.13. The third kappa shape index (κ3) is 2.98. The fraction of sp³-hybridized carbons (Fsp3) is 0. The van der Waals surface area contributed by atoms with E-state index in [1.54, 1.807) is 0 Å². The van der Waals surface area contributed by atoms with Crippen LogP contribution in [0.2, 0.25) is 0 Å². The van der Waals surface area contributed by atoms with Crippen molar-refractivity contribution in [2.45, 2.75) is 5.03 Å². The molecule has 0 fully saturated rings. The van der Waals surface area contributed by atoms with Crippen LogP contribution in [0.25, 0.3) is 5.83 Å². The largest absolute Gasteiger partial charge is 0.243 e. The normalized spacial score (nSPS) is 16.4. The molecule has 0 N–H and O–H groups in total. The summed E-state index contributed by atoms with van der Waals surface area (Å²) < 4.78 is 69.2. The second kappa shape index (κ2) is 4.05. The summed E-state index contributed by atoms with van der Waals surface area (Å²) in [5, 5.41) is -2.61. The van der Waals surface area contributed by atoms with E-state index in [1.165, 1.54) is 24.3 Å². The summed E-state index contributed by atoms with van der Waals surface area (Å²) in [6.07, 6.45) is 0.807. The molecule has 20 heavy (non-hydrogen) atoms. The predicted molar refractivity (Wildman–Crippen MR) is 70.1 cm³/mol. The van der Waals surface area contributed by atoms with Crippen LogP contribution in [0.1, 0.15) is 5.56 Å². The van der Waals surface area contributed by atoms with Crippen LogP contribution in [0.5, 0.6) is 0 Å². The van der Waals surface area contributed by atoms with E-state index in [1.807, 2.05) is 0 Å². The molecule has 2 rings (SSSR count). The molecule has 0 unspecified atom stereocenters. The Kier molecular flexibility index (Phi) is 2.94. The fourth-order valence-corrected chi connectivity index (χ4v) is 2.85. The zero-order valence-corrected chi connectivity index (χ0v) is 10.8. The molecule has 108 valence electrons. The van der Waals surface area contributed by atoms with Crippen molar-refractivity contribution in [1.82, 2.24) is 4.98 Å². The molecule has 0 amide bonds. The molecule has 0 saturated carbocycles. The third-order valence-electron chi connectivity index (χ3n) is 2.46. The molecular formula is C13H10F5NS. The molecule has 0 saturated heterocycles. The minimum atomic E-state index is -8.90. The van der Waals surface area contributed by atoms with Crippen molar-refractivity contribution in [3.05, 3.63) is 65.7 Å². The van der Waals surface area contributed by atoms with Gasteiger partial charge in [-0.05, 0) is 12.1 Å². The van der Waals surface area contributed by atoms with Crippen molar-refractivity contribution < 1.29 is 19.9 Å². The van der Waals surface area contributed by atoms with Crippen molar-refractivity contribution in [2.75, 3.05) is 0 Å². The van der Waals surface area contributed by atoms with Crippen LogP contribution in [0.3, 0.4) is 0 Å². The van der Waals surface area contributed by atoms with Gasteiger partial charge in [-0.3, -0.25) is 0 Å². The molecule has 0 aliphatic heterocycles. The smallest absolute Gasteiger partial charge is 0.221 e. The van der Waals surface area contributed by atoms with E-state index in [0.717, 1.165) is 24.4 Å². The van der Waals surface area contributed by atoms with Gasteiger partial charge in [0.15, 0.2) is 5.03 Å². The summed E-state index contributed by atoms with van der Waals surface area (Å²) >= 11 is 0. The maximum Gasteiger partial charge on any atom is 0.221 e. The van der Waals surface area contributed by atoms with Crippen molar-refractivity contribution in [1.29, 1.82) is 0 Å². The number of hydrogen-bond acceptors (Lipinski definition) is 1. The molecule has 0 aliphatic carbocycles. The van der Waals surface area contributed by atoms with Crippen LogP contribution in [0.4, 0.5) is 19.9 Å². The highest BCUT2D eigenvalue weighted by Gasteiger charge is 2.64. The molecular weight excluding hydrogens is 297 g/mol. The Bertz CT molecular complexity index is 648. The van der Waals surface area contributed by atoms with Gasteiger partial charge in [0.05, 0.1) is 5.41 Å². The minimum absolute atomic E-state index is 0.348. The molecule has 1 aromatic heterocycles. The quantitative estimate of drug-likeness (QED) is 0.651. The molecule has 0 atom stereocenters. The summed E-state index contributed by atoms with van der Waals surface area (Å²) in [6.45, 7) is 0. The van der Waals surface area contributed by atoms with Gasteiger partial charge in [0.25, 0.3) is 0 Å². The van der Waals surface area contributed by atoms with Gasteiger partial charge in [-0.2, -0.15) is 0 Å². The average Bonchev–Trinajstić information content (AvgIpc) is 2.39. The number of aromatic nitrogens is 1. The number of nitrogens with zero attached hydrogens (tertiary/aromatic N) is 1. The first-order valence-electron chi connectivity index (χ1n) is 5.47. The first-order chi connectivity index (χ1) is 9.11. The fourth-order valence-electron chi connectivity index (χ4n) is 1.53. The lowest BCUT2D eigenvalue weighted by atomic mass is 10.2. The third-order valence-corrected chi connectivity index (χ3v) is 4.26. The van der Waals surface area contributed by atoms with Crippen LogP contribution < -0.4 is 0 Å². The van der Waals surface area contributed by atoms with Crippen LogP contribution in [-0.2, 0) is 0 Å². The topological polar surface area (TPSA) is 12.9 Å². The maximum absolute atomic E-state index is 13.9. The number of pyridine rings is 1. The van der Waals surface area contributed by atoms with Gasteiger partial charge in [-0.25, -0.2) is 9.37 Å². The van der Waals surface area contributed by atoms with Crippen LogP contribution in [-0.4, -0.2) is 4.98 Å². The van der Waals surface area contributed by atoms with Gasteiger partial charge in [0, 0.05) is 11.8 Å². The van der Waals surface area contributed by atoms with E-state index in [-0.39, 0.29) is 5.56 Å². The first kappa shape index (κ1) is 14.5. The molecule has 1 heterocycles. The van der Waals surface area contributed by atoms with E-state index in [9.17, 15) is 19.9 Å². The minimum Gasteiger partial charge on any atom is -0.243 e. The Balaban J connectivity index is 2.59. The SMILES string of the molecule is F/C(=C\S(F)(F)(F)(F)c1ccccn1)c1ccccc1. The van der Waals surface area contributed by atoms with Gasteiger partial charge < -0.3 is 0 Å². The van der Waals surface area contributed by atoms with Crippen LogP contribution >= 0.6 is 9.84 Å². The summed E-state index contributed by atoms with van der Waals surface area (Å²) in [5.74, 6) is -1.69. The van der Waals surface area contributed by atoms with E-state index in [0.29, 0.717) is 6.07 Å². The van der Waals surface area contributed by atoms with Crippen molar-refractivity contribution in [3.8, 4) is 0 Å². The van der Waals surface area contributed by atoms with Crippen LogP contribution in [0, 0.1) is 0 Å². The Morgan fingerprint density at radius 1 is 0.900 bits per heavy atom. The second-order valence-corrected chi connectivity index (χ2v) is 7.05. The first-order valence-corrected chi connectivity index (χ1v) is 7.58. The van der Waals surface area contributed by atoms with Gasteiger partial charge in [0.2, 0.25) is 9.84 Å². The van der Waals surface area contributed by atoms with Crippen molar-refractivity contribution in [3.63, 3.8) is 0 Å². The highest BCUT2D eigenvalue weighted by molar-refractivity contribution is 8.52. The van der Waals surface area contributed by atoms with Gasteiger partial charge in [0.1, 0.15) is 5.83 Å². The molecule has 1 nitrogen and oxygen atoms in total. The molecule has 0 radical (unpaired) electrons. The Hall–Kier alpha value is -1.89. The summed E-state index contributed by atoms with van der Waals surface area (Å²) in [6, 6.07) is 9.17. The Morgan fingerprint density at radius 2 is 1.50 bits per heavy atom. The van der Waals surface area contributed by atoms with E-state index in [4.69, 9.17) is 0 Å². The standard InChI is InChI=1S/C13H10F5NS/c14-12(11-6-2-1-3-7-11)10-20(15,16,17,18)13-8-4-5-9-19-13/h1-10H/b12-10-. The Labute approximate surface area is 112 Å². The summed E-state index contributed by atoms with van der Waals surface area (Å²) in [7, 11) is -8.90. The zero-order valence-electron chi connectivity index (χ0n) is 10.0.